The highest BCUT2D eigenvalue weighted by Gasteiger charge is 2.44. The van der Waals surface area contributed by atoms with E-state index in [-0.39, 0.29) is 56.0 Å². The number of amides is 4. The van der Waals surface area contributed by atoms with Gasteiger partial charge in [-0.05, 0) is 73.8 Å². The fourth-order valence-corrected chi connectivity index (χ4v) is 7.27. The van der Waals surface area contributed by atoms with Gasteiger partial charge >= 0.3 is 0 Å². The number of carbonyl (C=O) groups is 4. The lowest BCUT2D eigenvalue weighted by molar-refractivity contribution is -0.144. The second-order valence-corrected chi connectivity index (χ2v) is 16.1. The molecule has 2 heterocycles. The highest BCUT2D eigenvalue weighted by atomic mass is 32.1. The Kier molecular flexibility index (Phi) is 15.1. The minimum absolute atomic E-state index is 0.00507. The van der Waals surface area contributed by atoms with Gasteiger partial charge in [0.1, 0.15) is 18.7 Å². The number of benzene rings is 2. The molecule has 3 aromatic rings. The van der Waals surface area contributed by atoms with E-state index in [1.54, 1.807) is 23.5 Å². The van der Waals surface area contributed by atoms with Gasteiger partial charge in [-0.2, -0.15) is 0 Å². The number of aliphatic hydroxyl groups is 1. The molecule has 294 valence electrons. The molecule has 54 heavy (non-hydrogen) atoms. The largest absolute Gasteiger partial charge is 0.489 e. The van der Waals surface area contributed by atoms with Crippen molar-refractivity contribution in [3.8, 4) is 16.2 Å². The van der Waals surface area contributed by atoms with Crippen LogP contribution in [-0.2, 0) is 25.6 Å². The van der Waals surface area contributed by atoms with E-state index in [2.05, 4.69) is 15.6 Å². The number of nitrogens with zero attached hydrogens (tertiary/aromatic N) is 2. The molecular formula is C40H55FN6O6S. The second-order valence-electron chi connectivity index (χ2n) is 15.3. The van der Waals surface area contributed by atoms with Crippen LogP contribution in [-0.4, -0.2) is 76.0 Å². The minimum Gasteiger partial charge on any atom is -0.489 e. The fourth-order valence-electron chi connectivity index (χ4n) is 6.46. The third-order valence-corrected chi connectivity index (χ3v) is 10.6. The van der Waals surface area contributed by atoms with E-state index < -0.39 is 47.3 Å². The third kappa shape index (κ3) is 12.1. The normalized spacial score (nSPS) is 17.4. The number of nitrogens with one attached hydrogen (secondary N) is 2. The van der Waals surface area contributed by atoms with E-state index >= 15 is 0 Å². The van der Waals surface area contributed by atoms with Gasteiger partial charge in [0.2, 0.25) is 23.6 Å². The van der Waals surface area contributed by atoms with Crippen molar-refractivity contribution in [2.75, 3.05) is 13.2 Å². The molecule has 5 atom stereocenters. The van der Waals surface area contributed by atoms with Gasteiger partial charge in [0.05, 0.1) is 28.2 Å². The molecule has 0 spiro atoms. The quantitative estimate of drug-likeness (QED) is 0.115. The predicted molar refractivity (Wildman–Crippen MR) is 207 cm³/mol. The van der Waals surface area contributed by atoms with Crippen LogP contribution in [0.15, 0.2) is 48.0 Å². The Morgan fingerprint density at radius 1 is 1.07 bits per heavy atom. The Labute approximate surface area is 321 Å². The van der Waals surface area contributed by atoms with Crippen LogP contribution in [0.3, 0.4) is 0 Å². The van der Waals surface area contributed by atoms with E-state index in [0.717, 1.165) is 40.1 Å². The summed E-state index contributed by atoms with van der Waals surface area (Å²) in [5.74, 6) is -1.92. The Bertz CT molecular complexity index is 1740. The number of nitrogens with two attached hydrogens (primary N) is 2. The molecule has 12 nitrogen and oxygen atoms in total. The third-order valence-electron chi connectivity index (χ3n) is 9.64. The van der Waals surface area contributed by atoms with Crippen LogP contribution >= 0.6 is 11.3 Å². The smallest absolute Gasteiger partial charge is 0.246 e. The number of ether oxygens (including phenoxy) is 1. The van der Waals surface area contributed by atoms with Gasteiger partial charge in [0, 0.05) is 31.8 Å². The Hall–Kier alpha value is -4.40. The molecule has 0 unspecified atom stereocenters. The molecule has 0 bridgehead atoms. The zero-order chi connectivity index (χ0) is 39.6. The van der Waals surface area contributed by atoms with Gasteiger partial charge in [-0.15, -0.1) is 11.3 Å². The monoisotopic (exact) mass is 766 g/mol. The van der Waals surface area contributed by atoms with Gasteiger partial charge in [-0.3, -0.25) is 19.2 Å². The Balaban J connectivity index is 1.27. The van der Waals surface area contributed by atoms with Crippen LogP contribution in [0.1, 0.15) is 95.5 Å². The number of aryl methyl sites for hydroxylation is 2. The first kappa shape index (κ1) is 42.3. The molecule has 2 aromatic carbocycles. The van der Waals surface area contributed by atoms with Crippen LogP contribution in [0.5, 0.6) is 5.75 Å². The van der Waals surface area contributed by atoms with E-state index in [9.17, 15) is 28.7 Å². The zero-order valence-corrected chi connectivity index (χ0v) is 32.7. The van der Waals surface area contributed by atoms with Crippen molar-refractivity contribution in [2.45, 2.75) is 116 Å². The van der Waals surface area contributed by atoms with Crippen LogP contribution in [0, 0.1) is 18.2 Å². The summed E-state index contributed by atoms with van der Waals surface area (Å²) in [6.45, 7) is 9.45. The minimum atomic E-state index is -0.910. The van der Waals surface area contributed by atoms with Gasteiger partial charge < -0.3 is 36.8 Å². The first-order chi connectivity index (χ1) is 25.5. The van der Waals surface area contributed by atoms with Crippen molar-refractivity contribution in [3.63, 3.8) is 0 Å². The molecule has 1 saturated heterocycles. The molecule has 1 aromatic heterocycles. The number of likely N-dealkylation sites (tertiary alicyclic amines) is 1. The molecule has 1 aliphatic rings. The maximum Gasteiger partial charge on any atom is 0.246 e. The highest BCUT2D eigenvalue weighted by molar-refractivity contribution is 7.13. The number of carbonyl (C=O) groups excluding carboxylic acids is 4. The summed E-state index contributed by atoms with van der Waals surface area (Å²) in [6, 6.07) is 9.99. The summed E-state index contributed by atoms with van der Waals surface area (Å²) in [4.78, 5) is 58.5. The van der Waals surface area contributed by atoms with Gasteiger partial charge in [0.25, 0.3) is 0 Å². The molecular weight excluding hydrogens is 712 g/mol. The predicted octanol–water partition coefficient (Wildman–Crippen LogP) is 4.70. The number of primary amides is 1. The number of thiazole rings is 1. The second kappa shape index (κ2) is 19.3. The molecule has 1 aliphatic heterocycles. The molecule has 0 saturated carbocycles. The number of unbranched alkanes of at least 4 members (excludes halogenated alkanes) is 2. The van der Waals surface area contributed by atoms with Crippen molar-refractivity contribution >= 4 is 35.0 Å². The van der Waals surface area contributed by atoms with Crippen molar-refractivity contribution in [1.29, 1.82) is 0 Å². The molecule has 4 rings (SSSR count). The Morgan fingerprint density at radius 2 is 1.80 bits per heavy atom. The number of hydrogen-bond donors (Lipinski definition) is 5. The van der Waals surface area contributed by atoms with Gasteiger partial charge in [-0.1, -0.05) is 57.5 Å². The van der Waals surface area contributed by atoms with Crippen molar-refractivity contribution in [3.05, 3.63) is 70.6 Å². The summed E-state index contributed by atoms with van der Waals surface area (Å²) in [6.07, 6.45) is 2.60. The van der Waals surface area contributed by atoms with Crippen molar-refractivity contribution in [2.24, 2.45) is 16.9 Å². The fraction of sp³-hybridized carbons (Fsp3) is 0.525. The lowest BCUT2D eigenvalue weighted by Crippen LogP contribution is -2.57. The number of aromatic nitrogens is 1. The standard InChI is InChI=1S/C40H55FN6O6S/c1-24(27-12-14-28(15-13-27)36-25(2)44-23-54-36)45-38(51)32-20-30(48)21-47(32)39(52)37(40(3,4)5)46-35(50)10-8-6-7-9-26-11-17-31(41)33(19-26)53-22-29(42)16-18-34(43)49/h11-15,17,19,23-24,29-30,32,37,48H,6-10,16,18,20-22,42H2,1-5H3,(H2,43,49)(H,45,51)(H,46,50)/t24-,29-,30+,32-,37+/m0/s1. The number of rotatable bonds is 18. The van der Waals surface area contributed by atoms with Gasteiger partial charge in [-0.25, -0.2) is 9.37 Å². The van der Waals surface area contributed by atoms with E-state index in [0.29, 0.717) is 19.3 Å². The highest BCUT2D eigenvalue weighted by Crippen LogP contribution is 2.30. The molecule has 4 amide bonds. The molecule has 0 radical (unpaired) electrons. The summed E-state index contributed by atoms with van der Waals surface area (Å²) in [5.41, 5.74) is 16.0. The van der Waals surface area contributed by atoms with Gasteiger partial charge in [0.15, 0.2) is 11.6 Å². The zero-order valence-electron chi connectivity index (χ0n) is 31.9. The number of aliphatic hydroxyl groups excluding tert-OH is 1. The van der Waals surface area contributed by atoms with Crippen LogP contribution in [0.2, 0.25) is 0 Å². The van der Waals surface area contributed by atoms with E-state index in [4.69, 9.17) is 16.2 Å². The average molecular weight is 767 g/mol. The summed E-state index contributed by atoms with van der Waals surface area (Å²) >= 11 is 1.57. The SMILES string of the molecule is Cc1ncsc1-c1ccc([C@H](C)NC(=O)[C@@H]2C[C@@H](O)CN2C(=O)[C@@H](NC(=O)CCCCCc2ccc(F)c(OC[C@@H](N)CCC(N)=O)c2)C(C)(C)C)cc1. The maximum atomic E-state index is 14.3. The topological polar surface area (TPSA) is 190 Å². The lowest BCUT2D eigenvalue weighted by atomic mass is 9.85. The van der Waals surface area contributed by atoms with Crippen LogP contribution in [0.25, 0.3) is 10.4 Å². The number of halogens is 1. The first-order valence-electron chi connectivity index (χ1n) is 18.6. The maximum absolute atomic E-state index is 14.3. The number of hydrogen-bond acceptors (Lipinski definition) is 9. The van der Waals surface area contributed by atoms with Crippen molar-refractivity contribution < 1.29 is 33.4 Å². The molecule has 7 N–H and O–H groups in total. The summed E-state index contributed by atoms with van der Waals surface area (Å²) in [5, 5.41) is 16.5. The summed E-state index contributed by atoms with van der Waals surface area (Å²) < 4.78 is 19.9. The summed E-state index contributed by atoms with van der Waals surface area (Å²) in [7, 11) is 0. The Morgan fingerprint density at radius 3 is 2.44 bits per heavy atom. The van der Waals surface area contributed by atoms with Crippen molar-refractivity contribution in [1.82, 2.24) is 20.5 Å². The molecule has 0 aliphatic carbocycles. The van der Waals surface area contributed by atoms with E-state index in [1.165, 1.54) is 11.0 Å². The molecule has 1 fully saturated rings. The lowest BCUT2D eigenvalue weighted by Gasteiger charge is -2.35. The van der Waals surface area contributed by atoms with Crippen LogP contribution in [0.4, 0.5) is 4.39 Å². The van der Waals surface area contributed by atoms with Crippen LogP contribution < -0.4 is 26.8 Å². The average Bonchev–Trinajstić information content (AvgIpc) is 3.74. The molecule has 14 heteroatoms. The van der Waals surface area contributed by atoms with E-state index in [1.807, 2.05) is 64.4 Å². The number of β-amino-alcohol motifs (C(OH)–C–C–N with tert-alkyl or cyclic N) is 1. The first-order valence-corrected chi connectivity index (χ1v) is 19.4.